The van der Waals surface area contributed by atoms with E-state index in [2.05, 4.69) is 9.62 Å². The van der Waals surface area contributed by atoms with E-state index in [-0.39, 0.29) is 16.0 Å². The molecule has 1 N–H and O–H groups in total. The molecule has 0 unspecified atom stereocenters. The zero-order valence-corrected chi connectivity index (χ0v) is 21.3. The first-order valence-corrected chi connectivity index (χ1v) is 13.7. The minimum absolute atomic E-state index is 0.0101. The molecule has 5 nitrogen and oxygen atoms in total. The fourth-order valence-electron chi connectivity index (χ4n) is 4.96. The Hall–Kier alpha value is -2.26. The van der Waals surface area contributed by atoms with E-state index in [1.165, 1.54) is 31.0 Å². The SMILES string of the molecule is CC(C)(C)c1ccc(S(=O)(=O)Nc2cc(N3CCC(N4CCCC4)CC3)cc(C(F)(F)F)c2)cc1. The second kappa shape index (κ2) is 9.65. The van der Waals surface area contributed by atoms with Gasteiger partial charge in [-0.3, -0.25) is 4.72 Å². The predicted molar refractivity (Wildman–Crippen MR) is 133 cm³/mol. The molecule has 2 saturated heterocycles. The number of alkyl halides is 3. The van der Waals surface area contributed by atoms with Crippen LogP contribution in [0.25, 0.3) is 0 Å². The maximum absolute atomic E-state index is 13.7. The van der Waals surface area contributed by atoms with Gasteiger partial charge in [0.1, 0.15) is 0 Å². The fourth-order valence-corrected chi connectivity index (χ4v) is 6.00. The van der Waals surface area contributed by atoms with Crippen LogP contribution < -0.4 is 9.62 Å². The standard InChI is InChI=1S/C26H34F3N3O2S/c1-25(2,3)19-6-8-24(9-7-19)35(33,34)30-21-16-20(26(27,28)29)17-23(18-21)32-14-10-22(11-15-32)31-12-4-5-13-31/h6-9,16-18,22,30H,4-5,10-15H2,1-3H3. The van der Waals surface area contributed by atoms with Gasteiger partial charge in [-0.2, -0.15) is 13.2 Å². The Kier molecular flexibility index (Phi) is 7.12. The minimum Gasteiger partial charge on any atom is -0.371 e. The smallest absolute Gasteiger partial charge is 0.371 e. The zero-order chi connectivity index (χ0) is 25.4. The van der Waals surface area contributed by atoms with Gasteiger partial charge >= 0.3 is 6.18 Å². The summed E-state index contributed by atoms with van der Waals surface area (Å²) in [7, 11) is -4.05. The number of likely N-dealkylation sites (tertiary alicyclic amines) is 1. The molecule has 0 aromatic heterocycles. The summed E-state index contributed by atoms with van der Waals surface area (Å²) in [4.78, 5) is 4.42. The maximum atomic E-state index is 13.7. The van der Waals surface area contributed by atoms with Crippen molar-refractivity contribution in [1.82, 2.24) is 4.90 Å². The summed E-state index contributed by atoms with van der Waals surface area (Å²) in [5, 5.41) is 0. The Balaban J connectivity index is 1.56. The number of nitrogens with zero attached hydrogens (tertiary/aromatic N) is 2. The first kappa shape index (κ1) is 25.8. The molecule has 2 aliphatic rings. The number of hydrogen-bond acceptors (Lipinski definition) is 4. The Morgan fingerprint density at radius 1 is 0.857 bits per heavy atom. The van der Waals surface area contributed by atoms with Crippen LogP contribution >= 0.6 is 0 Å². The lowest BCUT2D eigenvalue weighted by molar-refractivity contribution is -0.137. The van der Waals surface area contributed by atoms with Gasteiger partial charge in [0.15, 0.2) is 0 Å². The van der Waals surface area contributed by atoms with Crippen LogP contribution in [0.3, 0.4) is 0 Å². The Morgan fingerprint density at radius 3 is 2.00 bits per heavy atom. The van der Waals surface area contributed by atoms with E-state index in [0.29, 0.717) is 24.8 Å². The van der Waals surface area contributed by atoms with Gasteiger partial charge in [-0.25, -0.2) is 8.42 Å². The van der Waals surface area contributed by atoms with Crippen molar-refractivity contribution in [1.29, 1.82) is 0 Å². The van der Waals surface area contributed by atoms with Gasteiger partial charge in [0.05, 0.1) is 16.1 Å². The van der Waals surface area contributed by atoms with Crippen molar-refractivity contribution < 1.29 is 21.6 Å². The minimum atomic E-state index is -4.58. The number of rotatable bonds is 5. The monoisotopic (exact) mass is 509 g/mol. The molecule has 0 aliphatic carbocycles. The highest BCUT2D eigenvalue weighted by Crippen LogP contribution is 2.36. The second-order valence-corrected chi connectivity index (χ2v) is 12.3. The Labute approximate surface area is 206 Å². The summed E-state index contributed by atoms with van der Waals surface area (Å²) >= 11 is 0. The molecule has 0 saturated carbocycles. The average Bonchev–Trinajstić information content (AvgIpc) is 3.33. The van der Waals surface area contributed by atoms with Crippen LogP contribution in [0.2, 0.25) is 0 Å². The van der Waals surface area contributed by atoms with Gasteiger partial charge in [0.2, 0.25) is 0 Å². The van der Waals surface area contributed by atoms with E-state index in [1.54, 1.807) is 12.1 Å². The zero-order valence-electron chi connectivity index (χ0n) is 20.5. The molecule has 0 bridgehead atoms. The number of anilines is 2. The number of halogens is 3. The maximum Gasteiger partial charge on any atom is 0.416 e. The Morgan fingerprint density at radius 2 is 1.46 bits per heavy atom. The van der Waals surface area contributed by atoms with Gasteiger partial charge < -0.3 is 9.80 Å². The van der Waals surface area contributed by atoms with Crippen LogP contribution in [0.5, 0.6) is 0 Å². The van der Waals surface area contributed by atoms with Gasteiger partial charge in [0.25, 0.3) is 10.0 Å². The normalized spacial score (nSPS) is 18.7. The van der Waals surface area contributed by atoms with Crippen molar-refractivity contribution in [3.05, 3.63) is 53.6 Å². The molecule has 0 spiro atoms. The lowest BCUT2D eigenvalue weighted by Gasteiger charge is -2.38. The number of sulfonamides is 1. The molecule has 0 radical (unpaired) electrons. The number of piperidine rings is 1. The molecule has 0 amide bonds. The average molecular weight is 510 g/mol. The molecule has 192 valence electrons. The van der Waals surface area contributed by atoms with E-state index in [0.717, 1.165) is 43.6 Å². The molecule has 2 aliphatic heterocycles. The highest BCUT2D eigenvalue weighted by Gasteiger charge is 2.33. The number of nitrogens with one attached hydrogen (secondary N) is 1. The molecule has 2 aromatic rings. The first-order chi connectivity index (χ1) is 16.3. The summed E-state index contributed by atoms with van der Waals surface area (Å²) in [5.41, 5.74) is 0.262. The first-order valence-electron chi connectivity index (χ1n) is 12.2. The molecule has 9 heteroatoms. The van der Waals surface area contributed by atoms with Crippen LogP contribution in [0, 0.1) is 0 Å². The van der Waals surface area contributed by atoms with Gasteiger partial charge in [0, 0.05) is 24.8 Å². The summed E-state index contributed by atoms with van der Waals surface area (Å²) in [6.07, 6.45) is -0.403. The Bertz CT molecular complexity index is 1130. The summed E-state index contributed by atoms with van der Waals surface area (Å²) < 4.78 is 69.4. The van der Waals surface area contributed by atoms with Gasteiger partial charge in [-0.05, 0) is 80.1 Å². The molecule has 35 heavy (non-hydrogen) atoms. The van der Waals surface area contributed by atoms with E-state index >= 15 is 0 Å². The highest BCUT2D eigenvalue weighted by atomic mass is 32.2. The molecule has 2 heterocycles. The van der Waals surface area contributed by atoms with Crippen molar-refractivity contribution in [3.63, 3.8) is 0 Å². The van der Waals surface area contributed by atoms with Crippen molar-refractivity contribution in [2.24, 2.45) is 0 Å². The van der Waals surface area contributed by atoms with E-state index < -0.39 is 21.8 Å². The third kappa shape index (κ3) is 6.12. The van der Waals surface area contributed by atoms with Crippen molar-refractivity contribution in [3.8, 4) is 0 Å². The fraction of sp³-hybridized carbons (Fsp3) is 0.538. The number of benzene rings is 2. The van der Waals surface area contributed by atoms with Crippen molar-refractivity contribution in [2.45, 2.75) is 69.0 Å². The van der Waals surface area contributed by atoms with Crippen molar-refractivity contribution in [2.75, 3.05) is 35.8 Å². The van der Waals surface area contributed by atoms with E-state index in [4.69, 9.17) is 0 Å². The largest absolute Gasteiger partial charge is 0.416 e. The predicted octanol–water partition coefficient (Wildman–Crippen LogP) is 5.87. The second-order valence-electron chi connectivity index (χ2n) is 10.6. The quantitative estimate of drug-likeness (QED) is 0.548. The lowest BCUT2D eigenvalue weighted by atomic mass is 9.87. The summed E-state index contributed by atoms with van der Waals surface area (Å²) in [6, 6.07) is 10.4. The van der Waals surface area contributed by atoms with E-state index in [9.17, 15) is 21.6 Å². The summed E-state index contributed by atoms with van der Waals surface area (Å²) in [5.74, 6) is 0. The third-order valence-corrected chi connectivity index (χ3v) is 8.41. The lowest BCUT2D eigenvalue weighted by Crippen LogP contribution is -2.43. The number of hydrogen-bond donors (Lipinski definition) is 1. The molecular weight excluding hydrogens is 475 g/mol. The van der Waals surface area contributed by atoms with Crippen LogP contribution in [-0.2, 0) is 21.6 Å². The van der Waals surface area contributed by atoms with Crippen LogP contribution in [0.15, 0.2) is 47.4 Å². The summed E-state index contributed by atoms with van der Waals surface area (Å²) in [6.45, 7) is 9.53. The topological polar surface area (TPSA) is 52.7 Å². The molecule has 2 aromatic carbocycles. The van der Waals surface area contributed by atoms with Gasteiger partial charge in [-0.1, -0.05) is 32.9 Å². The van der Waals surface area contributed by atoms with Crippen molar-refractivity contribution >= 4 is 21.4 Å². The van der Waals surface area contributed by atoms with Gasteiger partial charge in [-0.15, -0.1) is 0 Å². The van der Waals surface area contributed by atoms with Crippen LogP contribution in [0.4, 0.5) is 24.5 Å². The highest BCUT2D eigenvalue weighted by molar-refractivity contribution is 7.92. The molecule has 2 fully saturated rings. The molecule has 0 atom stereocenters. The molecule has 4 rings (SSSR count). The third-order valence-electron chi connectivity index (χ3n) is 7.01. The van der Waals surface area contributed by atoms with Crippen LogP contribution in [0.1, 0.15) is 57.6 Å². The molecular formula is C26H34F3N3O2S. The van der Waals surface area contributed by atoms with E-state index in [1.807, 2.05) is 25.7 Å². The van der Waals surface area contributed by atoms with Crippen LogP contribution in [-0.4, -0.2) is 45.5 Å².